The van der Waals surface area contributed by atoms with E-state index in [0.29, 0.717) is 12.6 Å². The number of piperidine rings is 1. The van der Waals surface area contributed by atoms with Crippen LogP contribution in [0.15, 0.2) is 18.2 Å². The van der Waals surface area contributed by atoms with Gasteiger partial charge in [-0.05, 0) is 70.1 Å². The molecule has 3 heterocycles. The summed E-state index contributed by atoms with van der Waals surface area (Å²) in [5.74, 6) is 0.951. The quantitative estimate of drug-likeness (QED) is 0.388. The van der Waals surface area contributed by atoms with Gasteiger partial charge in [0, 0.05) is 57.6 Å². The molecule has 9 heteroatoms. The van der Waals surface area contributed by atoms with Crippen LogP contribution in [-0.4, -0.2) is 82.9 Å². The van der Waals surface area contributed by atoms with Crippen LogP contribution in [0.5, 0.6) is 5.75 Å². The molecule has 0 radical (unpaired) electrons. The van der Waals surface area contributed by atoms with Crippen LogP contribution >= 0.6 is 0 Å². The van der Waals surface area contributed by atoms with Gasteiger partial charge < -0.3 is 39.8 Å². The van der Waals surface area contributed by atoms with Gasteiger partial charge in [-0.25, -0.2) is 4.79 Å². The maximum absolute atomic E-state index is 12.5. The first-order valence-corrected chi connectivity index (χ1v) is 13.9. The van der Waals surface area contributed by atoms with Gasteiger partial charge in [-0.3, -0.25) is 0 Å². The van der Waals surface area contributed by atoms with Gasteiger partial charge >= 0.3 is 6.03 Å². The number of anilines is 1. The molecule has 2 fully saturated rings. The molecule has 2 saturated heterocycles. The summed E-state index contributed by atoms with van der Waals surface area (Å²) < 4.78 is 22.7. The van der Waals surface area contributed by atoms with Crippen LogP contribution < -0.4 is 25.6 Å². The molecule has 9 nitrogen and oxygen atoms in total. The Balaban J connectivity index is 1.18. The highest BCUT2D eigenvalue weighted by atomic mass is 16.5. The first-order valence-electron chi connectivity index (χ1n) is 13.9. The third kappa shape index (κ3) is 8.74. The summed E-state index contributed by atoms with van der Waals surface area (Å²) >= 11 is 0. The Morgan fingerprint density at radius 1 is 1.19 bits per heavy atom. The van der Waals surface area contributed by atoms with Crippen molar-refractivity contribution in [1.29, 1.82) is 0 Å². The van der Waals surface area contributed by atoms with Crippen LogP contribution in [0, 0.1) is 0 Å². The van der Waals surface area contributed by atoms with Crippen LogP contribution in [0.3, 0.4) is 0 Å². The molecule has 0 saturated carbocycles. The van der Waals surface area contributed by atoms with E-state index in [1.54, 1.807) is 7.11 Å². The summed E-state index contributed by atoms with van der Waals surface area (Å²) in [6.07, 6.45) is 5.87. The number of urea groups is 1. The third-order valence-electron chi connectivity index (χ3n) is 7.48. The zero-order valence-electron chi connectivity index (χ0n) is 22.9. The Morgan fingerprint density at radius 2 is 2.03 bits per heavy atom. The second kappa shape index (κ2) is 13.6. The van der Waals surface area contributed by atoms with Gasteiger partial charge in [-0.2, -0.15) is 0 Å². The number of benzene rings is 1. The predicted octanol–water partition coefficient (Wildman–Crippen LogP) is 3.21. The van der Waals surface area contributed by atoms with Gasteiger partial charge in [-0.1, -0.05) is 6.07 Å². The standard InChI is InChI=1S/C28H46N4O5/c1-28(2,31-27(33)30-22-9-14-35-15-10-22)18-23-6-7-24(19-29-23)37-20-21-5-8-26-25(17-21)32(12-16-36-26)11-4-13-34-3/h5,8,17,22-24,29H,4,6-7,9-16,18-20H2,1-3H3,(H2,30,31,33)/t23-,24+/m0/s1. The number of rotatable bonds is 11. The molecule has 0 aromatic heterocycles. The van der Waals surface area contributed by atoms with E-state index in [4.69, 9.17) is 18.9 Å². The zero-order chi connectivity index (χ0) is 26.1. The van der Waals surface area contributed by atoms with Crippen molar-refractivity contribution in [2.24, 2.45) is 0 Å². The van der Waals surface area contributed by atoms with Crippen molar-refractivity contribution in [3.63, 3.8) is 0 Å². The number of hydrogen-bond acceptors (Lipinski definition) is 7. The first kappa shape index (κ1) is 28.0. The van der Waals surface area contributed by atoms with Crippen molar-refractivity contribution in [3.8, 4) is 5.75 Å². The number of ether oxygens (including phenoxy) is 4. The SMILES string of the molecule is COCCCN1CCOc2ccc(CO[C@@H]3CC[C@@H](CC(C)(C)NC(=O)NC4CCOCC4)NC3)cc21. The Labute approximate surface area is 221 Å². The summed E-state index contributed by atoms with van der Waals surface area (Å²) in [7, 11) is 1.75. The summed E-state index contributed by atoms with van der Waals surface area (Å²) in [6, 6.07) is 6.87. The predicted molar refractivity (Wildman–Crippen MR) is 144 cm³/mol. The molecule has 2 amide bonds. The Bertz CT molecular complexity index is 853. The van der Waals surface area contributed by atoms with Crippen molar-refractivity contribution in [2.45, 2.75) is 82.7 Å². The van der Waals surface area contributed by atoms with Gasteiger partial charge in [0.05, 0.1) is 24.9 Å². The van der Waals surface area contributed by atoms with E-state index in [-0.39, 0.29) is 23.7 Å². The van der Waals surface area contributed by atoms with Gasteiger partial charge in [0.25, 0.3) is 0 Å². The molecule has 3 N–H and O–H groups in total. The minimum atomic E-state index is -0.291. The zero-order valence-corrected chi connectivity index (χ0v) is 22.9. The molecule has 0 bridgehead atoms. The summed E-state index contributed by atoms with van der Waals surface area (Å²) in [4.78, 5) is 14.9. The molecule has 0 aliphatic carbocycles. The number of nitrogens with one attached hydrogen (secondary N) is 3. The Morgan fingerprint density at radius 3 is 2.78 bits per heavy atom. The maximum atomic E-state index is 12.5. The van der Waals surface area contributed by atoms with E-state index in [2.05, 4.69) is 52.9 Å². The highest BCUT2D eigenvalue weighted by Crippen LogP contribution is 2.33. The minimum Gasteiger partial charge on any atom is -0.490 e. The molecule has 1 aromatic carbocycles. The molecule has 0 unspecified atom stereocenters. The average Bonchev–Trinajstić information content (AvgIpc) is 2.88. The topological polar surface area (TPSA) is 93.3 Å². The molecule has 2 atom stereocenters. The molecule has 0 spiro atoms. The number of nitrogens with zero attached hydrogens (tertiary/aromatic N) is 1. The summed E-state index contributed by atoms with van der Waals surface area (Å²) in [5, 5.41) is 9.92. The fourth-order valence-electron chi connectivity index (χ4n) is 5.50. The highest BCUT2D eigenvalue weighted by Gasteiger charge is 2.29. The highest BCUT2D eigenvalue weighted by molar-refractivity contribution is 5.75. The van der Waals surface area contributed by atoms with Gasteiger partial charge in [0.15, 0.2) is 0 Å². The fraction of sp³-hybridized carbons (Fsp3) is 0.750. The lowest BCUT2D eigenvalue weighted by atomic mass is 9.90. The van der Waals surface area contributed by atoms with Crippen LogP contribution in [0.25, 0.3) is 0 Å². The molecule has 4 rings (SSSR count). The number of methoxy groups -OCH3 is 1. The van der Waals surface area contributed by atoms with Crippen molar-refractivity contribution < 1.29 is 23.7 Å². The molecule has 208 valence electrons. The van der Waals surface area contributed by atoms with Crippen LogP contribution in [0.2, 0.25) is 0 Å². The lowest BCUT2D eigenvalue weighted by molar-refractivity contribution is 0.0159. The van der Waals surface area contributed by atoms with E-state index < -0.39 is 0 Å². The normalized spacial score (nSPS) is 22.7. The Kier molecular flexibility index (Phi) is 10.3. The lowest BCUT2D eigenvalue weighted by Gasteiger charge is -2.36. The van der Waals surface area contributed by atoms with Crippen LogP contribution in [0.1, 0.15) is 57.9 Å². The second-order valence-corrected chi connectivity index (χ2v) is 11.2. The van der Waals surface area contributed by atoms with Gasteiger partial charge in [0.2, 0.25) is 0 Å². The van der Waals surface area contributed by atoms with Crippen molar-refractivity contribution in [3.05, 3.63) is 23.8 Å². The third-order valence-corrected chi connectivity index (χ3v) is 7.48. The van der Waals surface area contributed by atoms with E-state index in [1.165, 1.54) is 5.56 Å². The molecular weight excluding hydrogens is 472 g/mol. The fourth-order valence-corrected chi connectivity index (χ4v) is 5.50. The number of carbonyl (C=O) groups excluding carboxylic acids is 1. The second-order valence-electron chi connectivity index (χ2n) is 11.2. The molecule has 3 aliphatic heterocycles. The number of amides is 2. The number of fused-ring (bicyclic) bond motifs is 1. The smallest absolute Gasteiger partial charge is 0.315 e. The number of carbonyl (C=O) groups is 1. The minimum absolute atomic E-state index is 0.0818. The maximum Gasteiger partial charge on any atom is 0.315 e. The molecule has 3 aliphatic rings. The van der Waals surface area contributed by atoms with E-state index in [0.717, 1.165) is 96.0 Å². The van der Waals surface area contributed by atoms with E-state index >= 15 is 0 Å². The average molecular weight is 519 g/mol. The molecule has 1 aromatic rings. The largest absolute Gasteiger partial charge is 0.490 e. The summed E-state index contributed by atoms with van der Waals surface area (Å²) in [6.45, 7) is 10.4. The van der Waals surface area contributed by atoms with Gasteiger partial charge in [-0.15, -0.1) is 0 Å². The van der Waals surface area contributed by atoms with Gasteiger partial charge in [0.1, 0.15) is 12.4 Å². The molecule has 37 heavy (non-hydrogen) atoms. The van der Waals surface area contributed by atoms with Crippen molar-refractivity contribution in [1.82, 2.24) is 16.0 Å². The van der Waals surface area contributed by atoms with Crippen LogP contribution in [-0.2, 0) is 20.8 Å². The first-order chi connectivity index (χ1) is 17.9. The molecular formula is C28H46N4O5. The van der Waals surface area contributed by atoms with Crippen molar-refractivity contribution in [2.75, 3.05) is 58.1 Å². The number of hydrogen-bond donors (Lipinski definition) is 3. The lowest BCUT2D eigenvalue weighted by Crippen LogP contribution is -2.55. The van der Waals surface area contributed by atoms with E-state index in [9.17, 15) is 4.79 Å². The van der Waals surface area contributed by atoms with Crippen LogP contribution in [0.4, 0.5) is 10.5 Å². The monoisotopic (exact) mass is 518 g/mol. The Hall–Kier alpha value is -2.07. The summed E-state index contributed by atoms with van der Waals surface area (Å²) in [5.41, 5.74) is 2.03. The van der Waals surface area contributed by atoms with Crippen molar-refractivity contribution >= 4 is 11.7 Å². The van der Waals surface area contributed by atoms with E-state index in [1.807, 2.05) is 0 Å².